The van der Waals surface area contributed by atoms with E-state index in [1.807, 2.05) is 24.0 Å². The Balaban J connectivity index is 1.30. The molecule has 37 heavy (non-hydrogen) atoms. The fourth-order valence-electron chi connectivity index (χ4n) is 3.88. The first-order valence-electron chi connectivity index (χ1n) is 11.3. The van der Waals surface area contributed by atoms with Gasteiger partial charge in [-0.25, -0.2) is 4.98 Å². The lowest BCUT2D eigenvalue weighted by molar-refractivity contribution is -0.274. The first kappa shape index (κ1) is 24.3. The smallest absolute Gasteiger partial charge is 0.406 e. The maximum atomic E-state index is 12.4. The predicted molar refractivity (Wildman–Crippen MR) is 126 cm³/mol. The summed E-state index contributed by atoms with van der Waals surface area (Å²) in [6.45, 7) is 4.00. The van der Waals surface area contributed by atoms with Gasteiger partial charge in [0.15, 0.2) is 5.69 Å². The van der Waals surface area contributed by atoms with E-state index in [0.29, 0.717) is 30.9 Å². The average Bonchev–Trinajstić information content (AvgIpc) is 3.48. The molecule has 5 rings (SSSR count). The van der Waals surface area contributed by atoms with Crippen molar-refractivity contribution in [2.24, 2.45) is 0 Å². The van der Waals surface area contributed by atoms with Gasteiger partial charge in [0.2, 0.25) is 11.7 Å². The van der Waals surface area contributed by atoms with E-state index in [1.54, 1.807) is 28.9 Å². The van der Waals surface area contributed by atoms with Crippen LogP contribution >= 0.6 is 0 Å². The predicted octanol–water partition coefficient (Wildman–Crippen LogP) is 3.53. The highest BCUT2D eigenvalue weighted by molar-refractivity contribution is 5.82. The van der Waals surface area contributed by atoms with Gasteiger partial charge < -0.3 is 19.1 Å². The van der Waals surface area contributed by atoms with Crippen molar-refractivity contribution in [3.8, 4) is 28.7 Å². The zero-order valence-corrected chi connectivity index (χ0v) is 19.9. The van der Waals surface area contributed by atoms with Crippen molar-refractivity contribution in [1.82, 2.24) is 29.8 Å². The van der Waals surface area contributed by atoms with Crippen LogP contribution < -0.4 is 9.64 Å². The summed E-state index contributed by atoms with van der Waals surface area (Å²) in [6.07, 6.45) is -3.05. The quantitative estimate of drug-likeness (QED) is 0.386. The van der Waals surface area contributed by atoms with Gasteiger partial charge in [-0.05, 0) is 55.0 Å². The summed E-state index contributed by atoms with van der Waals surface area (Å²) >= 11 is 0. The topological polar surface area (TPSA) is 102 Å². The molecule has 1 aliphatic heterocycles. The summed E-state index contributed by atoms with van der Waals surface area (Å²) in [5.74, 6) is 0.834. The summed E-state index contributed by atoms with van der Waals surface area (Å²) in [7, 11) is 1.79. The molecular weight excluding hydrogens is 491 g/mol. The van der Waals surface area contributed by atoms with Crippen LogP contribution in [0.4, 0.5) is 19.0 Å². The van der Waals surface area contributed by atoms with Crippen molar-refractivity contribution in [3.63, 3.8) is 0 Å². The van der Waals surface area contributed by atoms with Crippen molar-refractivity contribution >= 4 is 11.7 Å². The Kier molecular flexibility index (Phi) is 6.27. The van der Waals surface area contributed by atoms with Gasteiger partial charge in [0.1, 0.15) is 11.6 Å². The summed E-state index contributed by atoms with van der Waals surface area (Å²) in [5, 5.41) is 8.50. The van der Waals surface area contributed by atoms with Gasteiger partial charge >= 0.3 is 6.36 Å². The lowest BCUT2D eigenvalue weighted by Gasteiger charge is -2.32. The van der Waals surface area contributed by atoms with Crippen LogP contribution in [-0.4, -0.2) is 68.8 Å². The number of amides is 1. The first-order chi connectivity index (χ1) is 17.6. The number of likely N-dealkylation sites (N-methyl/N-ethyl adjacent to an activating group) is 1. The number of carbonyl (C=O) groups excluding carboxylic acids is 1. The SMILES string of the molecule is Cc1cc(-c2nc(-c3ccc(OC(F)(F)F)cc3)no2)nn1Cc1ccnc(N2CCN(C)C(=O)C2)c1. The molecular formula is C24H22F3N7O3. The maximum absolute atomic E-state index is 12.4. The Morgan fingerprint density at radius 3 is 2.62 bits per heavy atom. The van der Waals surface area contributed by atoms with E-state index >= 15 is 0 Å². The number of nitrogens with zero attached hydrogens (tertiary/aromatic N) is 7. The van der Waals surface area contributed by atoms with Crippen LogP contribution in [0, 0.1) is 6.92 Å². The molecule has 0 spiro atoms. The van der Waals surface area contributed by atoms with Crippen LogP contribution in [0.25, 0.3) is 23.0 Å². The Labute approximate surface area is 209 Å². The minimum absolute atomic E-state index is 0.0514. The number of halogens is 3. The molecule has 0 radical (unpaired) electrons. The Morgan fingerprint density at radius 1 is 1.11 bits per heavy atom. The highest BCUT2D eigenvalue weighted by atomic mass is 19.4. The largest absolute Gasteiger partial charge is 0.573 e. The Morgan fingerprint density at radius 2 is 1.89 bits per heavy atom. The van der Waals surface area contributed by atoms with E-state index in [9.17, 15) is 18.0 Å². The number of hydrogen-bond acceptors (Lipinski definition) is 8. The highest BCUT2D eigenvalue weighted by Crippen LogP contribution is 2.27. The first-order valence-corrected chi connectivity index (χ1v) is 11.3. The number of pyridine rings is 1. The van der Waals surface area contributed by atoms with Crippen molar-refractivity contribution in [3.05, 3.63) is 59.9 Å². The van der Waals surface area contributed by atoms with Gasteiger partial charge in [0.25, 0.3) is 5.89 Å². The van der Waals surface area contributed by atoms with Crippen molar-refractivity contribution in [2.75, 3.05) is 31.6 Å². The van der Waals surface area contributed by atoms with E-state index in [4.69, 9.17) is 4.52 Å². The second-order valence-electron chi connectivity index (χ2n) is 8.58. The number of benzene rings is 1. The molecule has 1 fully saturated rings. The number of alkyl halides is 3. The normalized spacial score (nSPS) is 14.4. The number of aryl methyl sites for hydroxylation is 1. The molecule has 192 valence electrons. The molecule has 1 amide bonds. The molecule has 4 aromatic rings. The molecule has 0 bridgehead atoms. The summed E-state index contributed by atoms with van der Waals surface area (Å²) in [4.78, 5) is 24.5. The summed E-state index contributed by atoms with van der Waals surface area (Å²) < 4.78 is 48.1. The molecule has 0 unspecified atom stereocenters. The number of ether oxygens (including phenoxy) is 1. The van der Waals surface area contributed by atoms with Gasteiger partial charge in [0.05, 0.1) is 13.1 Å². The Bertz CT molecular complexity index is 1420. The molecule has 0 N–H and O–H groups in total. The zero-order chi connectivity index (χ0) is 26.2. The minimum Gasteiger partial charge on any atom is -0.406 e. The molecule has 3 aromatic heterocycles. The van der Waals surface area contributed by atoms with Gasteiger partial charge in [-0.15, -0.1) is 13.2 Å². The molecule has 1 aromatic carbocycles. The van der Waals surface area contributed by atoms with Crippen molar-refractivity contribution in [1.29, 1.82) is 0 Å². The minimum atomic E-state index is -4.76. The fraction of sp³-hybridized carbons (Fsp3) is 0.292. The van der Waals surface area contributed by atoms with E-state index < -0.39 is 6.36 Å². The molecule has 4 heterocycles. The standard InChI is InChI=1S/C24H22F3N7O3/c1-15-11-19(23-29-22(31-37-23)17-3-5-18(6-4-17)36-24(25,26)27)30-34(15)13-16-7-8-28-20(12-16)33-10-9-32(2)21(35)14-33/h3-8,11-12H,9-10,13-14H2,1-2H3. The number of piperazine rings is 1. The molecule has 0 atom stereocenters. The molecule has 13 heteroatoms. The van der Waals surface area contributed by atoms with Gasteiger partial charge in [-0.2, -0.15) is 10.1 Å². The third-order valence-electron chi connectivity index (χ3n) is 5.90. The average molecular weight is 513 g/mol. The third-order valence-corrected chi connectivity index (χ3v) is 5.90. The maximum Gasteiger partial charge on any atom is 0.573 e. The lowest BCUT2D eigenvalue weighted by atomic mass is 10.2. The van der Waals surface area contributed by atoms with Gasteiger partial charge in [-0.1, -0.05) is 5.16 Å². The van der Waals surface area contributed by atoms with Crippen LogP contribution in [0.1, 0.15) is 11.3 Å². The summed E-state index contributed by atoms with van der Waals surface area (Å²) in [5.41, 5.74) is 2.75. The molecule has 0 saturated carbocycles. The second-order valence-corrected chi connectivity index (χ2v) is 8.58. The Hall–Kier alpha value is -4.42. The summed E-state index contributed by atoms with van der Waals surface area (Å²) in [6, 6.07) is 10.8. The molecule has 10 nitrogen and oxygen atoms in total. The third kappa shape index (κ3) is 5.55. The number of aromatic nitrogens is 5. The van der Waals surface area contributed by atoms with E-state index in [2.05, 4.69) is 25.0 Å². The van der Waals surface area contributed by atoms with Crippen LogP contribution in [0.5, 0.6) is 5.75 Å². The van der Waals surface area contributed by atoms with E-state index in [0.717, 1.165) is 17.1 Å². The van der Waals surface area contributed by atoms with Crippen LogP contribution in [0.15, 0.2) is 53.2 Å². The zero-order valence-electron chi connectivity index (χ0n) is 19.9. The monoisotopic (exact) mass is 513 g/mol. The van der Waals surface area contributed by atoms with Crippen LogP contribution in [0.2, 0.25) is 0 Å². The van der Waals surface area contributed by atoms with Crippen molar-refractivity contribution < 1.29 is 27.2 Å². The van der Waals surface area contributed by atoms with Crippen LogP contribution in [-0.2, 0) is 11.3 Å². The number of rotatable bonds is 6. The second kappa shape index (κ2) is 9.56. The molecule has 1 aliphatic rings. The fourth-order valence-corrected chi connectivity index (χ4v) is 3.88. The van der Waals surface area contributed by atoms with Crippen LogP contribution in [0.3, 0.4) is 0 Å². The van der Waals surface area contributed by atoms with E-state index in [1.165, 1.54) is 24.3 Å². The highest BCUT2D eigenvalue weighted by Gasteiger charge is 2.31. The number of hydrogen-bond donors (Lipinski definition) is 0. The van der Waals surface area contributed by atoms with E-state index in [-0.39, 0.29) is 29.9 Å². The van der Waals surface area contributed by atoms with Gasteiger partial charge in [0, 0.05) is 37.6 Å². The van der Waals surface area contributed by atoms with Gasteiger partial charge in [-0.3, -0.25) is 9.48 Å². The lowest BCUT2D eigenvalue weighted by Crippen LogP contribution is -2.48. The number of anilines is 1. The van der Waals surface area contributed by atoms with Crippen molar-refractivity contribution in [2.45, 2.75) is 19.8 Å². The molecule has 0 aliphatic carbocycles. The molecule has 1 saturated heterocycles. The number of carbonyl (C=O) groups is 1.